The highest BCUT2D eigenvalue weighted by Crippen LogP contribution is 2.11. The molecule has 0 saturated heterocycles. The second-order valence-electron chi connectivity index (χ2n) is 6.47. The first-order valence-electron chi connectivity index (χ1n) is 10.5. The van der Waals surface area contributed by atoms with Crippen LogP contribution in [0.3, 0.4) is 0 Å². The van der Waals surface area contributed by atoms with Gasteiger partial charge in [0.15, 0.2) is 0 Å². The fourth-order valence-electron chi connectivity index (χ4n) is 2.50. The molecule has 0 aliphatic carbocycles. The molecule has 7 nitrogen and oxygen atoms in total. The van der Waals surface area contributed by atoms with Crippen LogP contribution in [0.15, 0.2) is 0 Å². The number of unbranched alkanes of at least 4 members (excludes halogenated alkanes) is 10. The maximum atomic E-state index is 11.4. The summed E-state index contributed by atoms with van der Waals surface area (Å²) in [5.74, 6) is 0. The van der Waals surface area contributed by atoms with E-state index in [1.165, 1.54) is 51.4 Å². The van der Waals surface area contributed by atoms with E-state index in [4.69, 9.17) is 14.4 Å². The van der Waals surface area contributed by atoms with E-state index in [0.717, 1.165) is 19.3 Å². The summed E-state index contributed by atoms with van der Waals surface area (Å²) in [6.07, 6.45) is 13.4. The molecular formula is C19H40O7S. The standard InChI is InChI=1S/C19H40O7S/c1-3-5-6-7-8-9-10-11-12-13-14-15-24-26-27(20,21)25-19-18-23-17-16-22-4-2/h3-19H2,1-2H3. The second-order valence-corrected chi connectivity index (χ2v) is 7.65. The molecule has 164 valence electrons. The Labute approximate surface area is 166 Å². The number of hydrogen-bond donors (Lipinski definition) is 0. The molecule has 0 radical (unpaired) electrons. The van der Waals surface area contributed by atoms with Crippen molar-refractivity contribution in [1.82, 2.24) is 0 Å². The molecule has 0 aliphatic heterocycles. The van der Waals surface area contributed by atoms with Crippen LogP contribution >= 0.6 is 0 Å². The topological polar surface area (TPSA) is 80.3 Å². The molecule has 0 atom stereocenters. The maximum Gasteiger partial charge on any atom is 0.426 e. The second kappa shape index (κ2) is 20.5. The number of rotatable bonds is 22. The lowest BCUT2D eigenvalue weighted by molar-refractivity contribution is -0.210. The summed E-state index contributed by atoms with van der Waals surface area (Å²) in [5.41, 5.74) is 0. The van der Waals surface area contributed by atoms with Crippen molar-refractivity contribution in [3.8, 4) is 0 Å². The Bertz CT molecular complexity index is 388. The molecule has 0 N–H and O–H groups in total. The minimum Gasteiger partial charge on any atom is -0.379 e. The van der Waals surface area contributed by atoms with Crippen molar-refractivity contribution in [2.75, 3.05) is 39.6 Å². The number of ether oxygens (including phenoxy) is 2. The fraction of sp³-hybridized carbons (Fsp3) is 1.00. The molecule has 0 amide bonds. The van der Waals surface area contributed by atoms with Crippen LogP contribution < -0.4 is 0 Å². The van der Waals surface area contributed by atoms with E-state index in [0.29, 0.717) is 19.8 Å². The lowest BCUT2D eigenvalue weighted by Gasteiger charge is -2.06. The van der Waals surface area contributed by atoms with E-state index in [1.807, 2.05) is 6.92 Å². The summed E-state index contributed by atoms with van der Waals surface area (Å²) < 4.78 is 42.0. The molecular weight excluding hydrogens is 372 g/mol. The zero-order valence-corrected chi connectivity index (χ0v) is 18.1. The molecule has 0 aromatic rings. The highest BCUT2D eigenvalue weighted by molar-refractivity contribution is 7.81. The zero-order chi connectivity index (χ0) is 20.1. The predicted octanol–water partition coefficient (Wildman–Crippen LogP) is 4.56. The minimum absolute atomic E-state index is 0.115. The van der Waals surface area contributed by atoms with E-state index >= 15 is 0 Å². The van der Waals surface area contributed by atoms with Crippen LogP contribution in [-0.4, -0.2) is 48.1 Å². The Hall–Kier alpha value is -0.250. The molecule has 0 aliphatic rings. The summed E-state index contributed by atoms with van der Waals surface area (Å²) >= 11 is 0. The minimum atomic E-state index is -4.13. The van der Waals surface area contributed by atoms with Crippen LogP contribution in [0.2, 0.25) is 0 Å². The van der Waals surface area contributed by atoms with Crippen molar-refractivity contribution in [2.24, 2.45) is 0 Å². The van der Waals surface area contributed by atoms with E-state index in [1.54, 1.807) is 0 Å². The normalized spacial score (nSPS) is 11.9. The van der Waals surface area contributed by atoms with Crippen LogP contribution in [0.4, 0.5) is 0 Å². The third kappa shape index (κ3) is 21.9. The largest absolute Gasteiger partial charge is 0.426 e. The van der Waals surface area contributed by atoms with E-state index in [-0.39, 0.29) is 19.8 Å². The SMILES string of the molecule is CCCCCCCCCCCCCOOS(=O)(=O)OCCOCCOCC. The summed E-state index contributed by atoms with van der Waals surface area (Å²) in [6, 6.07) is 0. The van der Waals surface area contributed by atoms with Gasteiger partial charge in [0.05, 0.1) is 33.0 Å². The summed E-state index contributed by atoms with van der Waals surface area (Å²) in [4.78, 5) is 4.72. The van der Waals surface area contributed by atoms with Crippen molar-refractivity contribution < 1.29 is 31.3 Å². The van der Waals surface area contributed by atoms with Crippen molar-refractivity contribution in [1.29, 1.82) is 0 Å². The van der Waals surface area contributed by atoms with Crippen LogP contribution in [0.5, 0.6) is 0 Å². The van der Waals surface area contributed by atoms with E-state index in [2.05, 4.69) is 15.4 Å². The first-order chi connectivity index (χ1) is 13.1. The molecule has 8 heteroatoms. The van der Waals surface area contributed by atoms with Crippen LogP contribution in [0, 0.1) is 0 Å². The summed E-state index contributed by atoms with van der Waals surface area (Å²) in [6.45, 7) is 5.89. The van der Waals surface area contributed by atoms with Gasteiger partial charge >= 0.3 is 10.4 Å². The van der Waals surface area contributed by atoms with Gasteiger partial charge in [-0.25, -0.2) is 9.07 Å². The number of hydrogen-bond acceptors (Lipinski definition) is 7. The molecule has 0 heterocycles. The third-order valence-corrected chi connectivity index (χ3v) is 4.71. The molecule has 0 spiro atoms. The molecule has 0 aromatic carbocycles. The Morgan fingerprint density at radius 3 is 1.70 bits per heavy atom. The van der Waals surface area contributed by atoms with Gasteiger partial charge in [-0.05, 0) is 13.3 Å². The lowest BCUT2D eigenvalue weighted by Crippen LogP contribution is -2.16. The van der Waals surface area contributed by atoms with Crippen molar-refractivity contribution in [2.45, 2.75) is 84.5 Å². The first kappa shape index (κ1) is 26.8. The Morgan fingerprint density at radius 2 is 1.11 bits per heavy atom. The van der Waals surface area contributed by atoms with Crippen molar-refractivity contribution in [3.63, 3.8) is 0 Å². The molecule has 0 aromatic heterocycles. The molecule has 0 bridgehead atoms. The molecule has 27 heavy (non-hydrogen) atoms. The highest BCUT2D eigenvalue weighted by atomic mass is 32.3. The summed E-state index contributed by atoms with van der Waals surface area (Å²) in [7, 11) is -4.13. The highest BCUT2D eigenvalue weighted by Gasteiger charge is 2.13. The Morgan fingerprint density at radius 1 is 0.593 bits per heavy atom. The van der Waals surface area contributed by atoms with Gasteiger partial charge in [0.2, 0.25) is 0 Å². The quantitative estimate of drug-likeness (QED) is 0.146. The maximum absolute atomic E-state index is 11.4. The van der Waals surface area contributed by atoms with Crippen molar-refractivity contribution in [3.05, 3.63) is 0 Å². The summed E-state index contributed by atoms with van der Waals surface area (Å²) in [5, 5.41) is 0. The third-order valence-electron chi connectivity index (χ3n) is 3.99. The molecule has 0 saturated carbocycles. The van der Waals surface area contributed by atoms with E-state index in [9.17, 15) is 8.42 Å². The lowest BCUT2D eigenvalue weighted by atomic mass is 10.1. The smallest absolute Gasteiger partial charge is 0.379 e. The fourth-order valence-corrected chi connectivity index (χ4v) is 2.99. The van der Waals surface area contributed by atoms with Gasteiger partial charge in [0.1, 0.15) is 0 Å². The monoisotopic (exact) mass is 412 g/mol. The van der Waals surface area contributed by atoms with Crippen LogP contribution in [0.25, 0.3) is 0 Å². The van der Waals surface area contributed by atoms with Crippen molar-refractivity contribution >= 4 is 10.4 Å². The molecule has 0 fully saturated rings. The van der Waals surface area contributed by atoms with Gasteiger partial charge in [-0.2, -0.15) is 8.42 Å². The first-order valence-corrected chi connectivity index (χ1v) is 11.8. The van der Waals surface area contributed by atoms with Gasteiger partial charge in [0, 0.05) is 6.61 Å². The van der Waals surface area contributed by atoms with Gasteiger partial charge in [-0.3, -0.25) is 0 Å². The average Bonchev–Trinajstić information content (AvgIpc) is 2.64. The van der Waals surface area contributed by atoms with Gasteiger partial charge in [-0.1, -0.05) is 75.5 Å². The molecule has 0 unspecified atom stereocenters. The van der Waals surface area contributed by atoms with Crippen LogP contribution in [0.1, 0.15) is 84.5 Å². The Balaban J connectivity index is 3.30. The van der Waals surface area contributed by atoms with Gasteiger partial charge in [0.25, 0.3) is 0 Å². The predicted molar refractivity (Wildman–Crippen MR) is 106 cm³/mol. The van der Waals surface area contributed by atoms with Gasteiger partial charge in [-0.15, -0.1) is 0 Å². The average molecular weight is 413 g/mol. The van der Waals surface area contributed by atoms with Gasteiger partial charge < -0.3 is 9.47 Å². The molecule has 0 rings (SSSR count). The Kier molecular flexibility index (Phi) is 20.3. The zero-order valence-electron chi connectivity index (χ0n) is 17.3. The van der Waals surface area contributed by atoms with Crippen LogP contribution in [-0.2, 0) is 33.3 Å². The van der Waals surface area contributed by atoms with E-state index < -0.39 is 10.4 Å².